The fourth-order valence-electron chi connectivity index (χ4n) is 4.33. The van der Waals surface area contributed by atoms with Crippen LogP contribution in [0.15, 0.2) is 73.2 Å². The van der Waals surface area contributed by atoms with Gasteiger partial charge in [0, 0.05) is 11.4 Å². The molecule has 11 nitrogen and oxygen atoms in total. The van der Waals surface area contributed by atoms with Crippen LogP contribution < -0.4 is 10.2 Å². The molecule has 14 heteroatoms. The number of tetrazole rings is 1. The SMILES string of the molecule is O=C(Nc1ccc(C(F)F)nc1)C(Cc1ccccc1)N1CC(=O)N(c2cc(Cl)ccc2-n2cnnn2)CC1=O. The predicted molar refractivity (Wildman–Crippen MR) is 140 cm³/mol. The second kappa shape index (κ2) is 11.5. The number of halogens is 3. The van der Waals surface area contributed by atoms with Crippen molar-refractivity contribution in [3.8, 4) is 5.69 Å². The molecule has 1 fully saturated rings. The van der Waals surface area contributed by atoms with E-state index in [1.807, 2.05) is 6.07 Å². The van der Waals surface area contributed by atoms with Crippen LogP contribution in [0.1, 0.15) is 17.7 Å². The quantitative estimate of drug-likeness (QED) is 0.347. The molecule has 0 spiro atoms. The van der Waals surface area contributed by atoms with Gasteiger partial charge in [0.15, 0.2) is 0 Å². The number of hydrogen-bond acceptors (Lipinski definition) is 7. The lowest BCUT2D eigenvalue weighted by Crippen LogP contribution is -2.60. The monoisotopic (exact) mass is 566 g/mol. The summed E-state index contributed by atoms with van der Waals surface area (Å²) in [5.41, 5.74) is 1.26. The lowest BCUT2D eigenvalue weighted by molar-refractivity contribution is -0.143. The Bertz CT molecular complexity index is 1520. The third-order valence-corrected chi connectivity index (χ3v) is 6.51. The van der Waals surface area contributed by atoms with E-state index in [2.05, 4.69) is 25.8 Å². The van der Waals surface area contributed by atoms with Crippen molar-refractivity contribution in [2.45, 2.75) is 18.9 Å². The molecule has 1 atom stereocenters. The molecule has 1 aliphatic rings. The van der Waals surface area contributed by atoms with Crippen LogP contribution in [0.4, 0.5) is 20.2 Å². The van der Waals surface area contributed by atoms with E-state index in [0.717, 1.165) is 17.8 Å². The molecule has 3 amide bonds. The molecule has 204 valence electrons. The zero-order chi connectivity index (χ0) is 28.2. The summed E-state index contributed by atoms with van der Waals surface area (Å²) in [6.07, 6.45) is -0.181. The molecule has 40 heavy (non-hydrogen) atoms. The van der Waals surface area contributed by atoms with E-state index < -0.39 is 42.4 Å². The van der Waals surface area contributed by atoms with Gasteiger partial charge in [0.05, 0.1) is 23.3 Å². The first-order valence-electron chi connectivity index (χ1n) is 12.0. The number of nitrogens with one attached hydrogen (secondary N) is 1. The molecule has 1 aliphatic heterocycles. The van der Waals surface area contributed by atoms with E-state index in [4.69, 9.17) is 11.6 Å². The minimum Gasteiger partial charge on any atom is -0.323 e. The number of aromatic nitrogens is 5. The van der Waals surface area contributed by atoms with Crippen LogP contribution in [0.25, 0.3) is 5.69 Å². The van der Waals surface area contributed by atoms with Crippen molar-refractivity contribution < 1.29 is 23.2 Å². The number of nitrogens with zero attached hydrogens (tertiary/aromatic N) is 7. The molecule has 1 saturated heterocycles. The molecule has 1 N–H and O–H groups in total. The normalized spacial score (nSPS) is 14.5. The molecule has 2 aromatic carbocycles. The van der Waals surface area contributed by atoms with Crippen LogP contribution in [0.2, 0.25) is 5.02 Å². The molecule has 0 bridgehead atoms. The zero-order valence-electron chi connectivity index (χ0n) is 20.7. The number of anilines is 2. The molecule has 0 radical (unpaired) electrons. The minimum atomic E-state index is -2.75. The van der Waals surface area contributed by atoms with E-state index in [-0.39, 0.29) is 18.7 Å². The number of amides is 3. The highest BCUT2D eigenvalue weighted by Gasteiger charge is 2.39. The first kappa shape index (κ1) is 26.8. The van der Waals surface area contributed by atoms with E-state index in [0.29, 0.717) is 16.4 Å². The summed E-state index contributed by atoms with van der Waals surface area (Å²) in [6, 6.07) is 15.1. The average molecular weight is 567 g/mol. The van der Waals surface area contributed by atoms with Gasteiger partial charge in [0.2, 0.25) is 17.7 Å². The first-order chi connectivity index (χ1) is 19.3. The molecule has 4 aromatic rings. The molecular weight excluding hydrogens is 546 g/mol. The molecule has 0 aliphatic carbocycles. The number of hydrogen-bond donors (Lipinski definition) is 1. The standard InChI is InChI=1S/C26H21ClF2N8O3/c27-17-6-9-20(37-15-31-33-34-37)21(11-17)35-13-24(39)36(14-23(35)38)22(10-16-4-2-1-3-5-16)26(40)32-18-7-8-19(25(28)29)30-12-18/h1-9,11-12,15,22,25H,10,13-14H2,(H,32,40). The van der Waals surface area contributed by atoms with Gasteiger partial charge >= 0.3 is 0 Å². The third-order valence-electron chi connectivity index (χ3n) is 6.27. The summed E-state index contributed by atoms with van der Waals surface area (Å²) >= 11 is 6.20. The zero-order valence-corrected chi connectivity index (χ0v) is 21.4. The fraction of sp³-hybridized carbons (Fsp3) is 0.192. The first-order valence-corrected chi connectivity index (χ1v) is 12.4. The van der Waals surface area contributed by atoms with Crippen molar-refractivity contribution in [3.63, 3.8) is 0 Å². The highest BCUT2D eigenvalue weighted by Crippen LogP contribution is 2.30. The maximum absolute atomic E-state index is 13.5. The van der Waals surface area contributed by atoms with Gasteiger partial charge in [-0.3, -0.25) is 24.3 Å². The molecule has 0 saturated carbocycles. The third kappa shape index (κ3) is 5.78. The van der Waals surface area contributed by atoms with E-state index in [1.165, 1.54) is 32.9 Å². The molecule has 5 rings (SSSR count). The number of benzene rings is 2. The lowest BCUT2D eigenvalue weighted by atomic mass is 10.0. The largest absolute Gasteiger partial charge is 0.323 e. The van der Waals surface area contributed by atoms with Crippen molar-refractivity contribution in [1.82, 2.24) is 30.1 Å². The second-order valence-electron chi connectivity index (χ2n) is 8.86. The molecule has 2 aromatic heterocycles. The summed E-state index contributed by atoms with van der Waals surface area (Å²) in [6.45, 7) is -0.759. The Morgan fingerprint density at radius 1 is 1.00 bits per heavy atom. The number of rotatable bonds is 8. The molecular formula is C26H21ClF2N8O3. The van der Waals surface area contributed by atoms with Gasteiger partial charge in [-0.05, 0) is 46.3 Å². The predicted octanol–water partition coefficient (Wildman–Crippen LogP) is 3.07. The van der Waals surface area contributed by atoms with Crippen LogP contribution in [-0.4, -0.2) is 66.9 Å². The number of pyridine rings is 1. The van der Waals surface area contributed by atoms with E-state index in [1.54, 1.807) is 36.4 Å². The van der Waals surface area contributed by atoms with Crippen molar-refractivity contribution in [1.29, 1.82) is 0 Å². The number of carbonyl (C=O) groups excluding carboxylic acids is 3. The van der Waals surface area contributed by atoms with Crippen LogP contribution in [-0.2, 0) is 20.8 Å². The van der Waals surface area contributed by atoms with Crippen LogP contribution in [0.3, 0.4) is 0 Å². The van der Waals surface area contributed by atoms with Crippen molar-refractivity contribution in [3.05, 3.63) is 89.5 Å². The van der Waals surface area contributed by atoms with Gasteiger partial charge in [-0.15, -0.1) is 5.10 Å². The van der Waals surface area contributed by atoms with Crippen LogP contribution >= 0.6 is 11.6 Å². The van der Waals surface area contributed by atoms with Gasteiger partial charge in [-0.1, -0.05) is 41.9 Å². The Morgan fingerprint density at radius 3 is 2.48 bits per heavy atom. The molecule has 3 heterocycles. The van der Waals surface area contributed by atoms with Crippen LogP contribution in [0, 0.1) is 0 Å². The van der Waals surface area contributed by atoms with Crippen LogP contribution in [0.5, 0.6) is 0 Å². The second-order valence-corrected chi connectivity index (χ2v) is 9.29. The van der Waals surface area contributed by atoms with Gasteiger partial charge < -0.3 is 10.2 Å². The van der Waals surface area contributed by atoms with Gasteiger partial charge in [-0.25, -0.2) is 8.78 Å². The summed E-state index contributed by atoms with van der Waals surface area (Å²) < 4.78 is 27.1. The fourth-order valence-corrected chi connectivity index (χ4v) is 4.50. The average Bonchev–Trinajstić information content (AvgIpc) is 3.48. The lowest BCUT2D eigenvalue weighted by Gasteiger charge is -2.38. The van der Waals surface area contributed by atoms with Crippen molar-refractivity contribution in [2.24, 2.45) is 0 Å². The summed E-state index contributed by atoms with van der Waals surface area (Å²) in [5.74, 6) is -1.53. The summed E-state index contributed by atoms with van der Waals surface area (Å²) in [4.78, 5) is 46.5. The molecule has 1 unspecified atom stereocenters. The Hall–Kier alpha value is -4.78. The van der Waals surface area contributed by atoms with Crippen molar-refractivity contribution >= 4 is 40.7 Å². The van der Waals surface area contributed by atoms with E-state index in [9.17, 15) is 23.2 Å². The Balaban J connectivity index is 1.41. The Morgan fingerprint density at radius 2 is 1.80 bits per heavy atom. The summed E-state index contributed by atoms with van der Waals surface area (Å²) in [5, 5.41) is 14.1. The van der Waals surface area contributed by atoms with Gasteiger partial charge in [0.25, 0.3) is 6.43 Å². The Labute approximate surface area is 231 Å². The number of carbonyl (C=O) groups is 3. The van der Waals surface area contributed by atoms with Gasteiger partial charge in [0.1, 0.15) is 31.2 Å². The van der Waals surface area contributed by atoms with E-state index >= 15 is 0 Å². The highest BCUT2D eigenvalue weighted by atomic mass is 35.5. The van der Waals surface area contributed by atoms with Crippen molar-refractivity contribution in [2.75, 3.05) is 23.3 Å². The van der Waals surface area contributed by atoms with Gasteiger partial charge in [-0.2, -0.15) is 4.68 Å². The Kier molecular flexibility index (Phi) is 7.73. The maximum Gasteiger partial charge on any atom is 0.280 e. The summed E-state index contributed by atoms with van der Waals surface area (Å²) in [7, 11) is 0. The maximum atomic E-state index is 13.5. The minimum absolute atomic E-state index is 0.112. The highest BCUT2D eigenvalue weighted by molar-refractivity contribution is 6.31. The smallest absolute Gasteiger partial charge is 0.280 e. The topological polar surface area (TPSA) is 126 Å². The number of piperazine rings is 1. The number of alkyl halides is 2.